The molecule has 0 amide bonds. The Hall–Kier alpha value is -0.100. The highest BCUT2D eigenvalue weighted by molar-refractivity contribution is 9.13. The summed E-state index contributed by atoms with van der Waals surface area (Å²) in [5.41, 5.74) is -0.902. The van der Waals surface area contributed by atoms with Crippen LogP contribution in [-0.4, -0.2) is 0 Å². The van der Waals surface area contributed by atoms with Gasteiger partial charge in [-0.05, 0) is 44.0 Å². The van der Waals surface area contributed by atoms with Crippen molar-refractivity contribution in [1.82, 2.24) is 0 Å². The van der Waals surface area contributed by atoms with Gasteiger partial charge in [0.1, 0.15) is 5.82 Å². The molecular weight excluding hydrogens is 320 g/mol. The van der Waals surface area contributed by atoms with E-state index in [9.17, 15) is 17.6 Å². The second kappa shape index (κ2) is 3.57. The fraction of sp³-hybridized carbons (Fsp3) is 0.143. The molecule has 0 atom stereocenters. The Morgan fingerprint density at radius 1 is 1.00 bits per heavy atom. The highest BCUT2D eigenvalue weighted by Gasteiger charge is 2.34. The second-order valence-corrected chi connectivity index (χ2v) is 3.81. The molecule has 6 heteroatoms. The van der Waals surface area contributed by atoms with E-state index in [-0.39, 0.29) is 8.95 Å². The fourth-order valence-corrected chi connectivity index (χ4v) is 1.64. The van der Waals surface area contributed by atoms with Gasteiger partial charge in [-0.2, -0.15) is 13.2 Å². The van der Waals surface area contributed by atoms with Crippen molar-refractivity contribution in [3.8, 4) is 0 Å². The smallest absolute Gasteiger partial charge is 0.206 e. The van der Waals surface area contributed by atoms with Gasteiger partial charge in [0.05, 0.1) is 10.0 Å². The summed E-state index contributed by atoms with van der Waals surface area (Å²) in [6.07, 6.45) is -4.48. The third-order valence-corrected chi connectivity index (χ3v) is 3.47. The van der Waals surface area contributed by atoms with Crippen molar-refractivity contribution >= 4 is 31.9 Å². The highest BCUT2D eigenvalue weighted by atomic mass is 79.9. The monoisotopic (exact) mass is 320 g/mol. The van der Waals surface area contributed by atoms with Crippen LogP contribution in [0, 0.1) is 5.82 Å². The second-order valence-electron chi connectivity index (χ2n) is 2.22. The quantitative estimate of drug-likeness (QED) is 0.491. The Labute approximate surface area is 88.2 Å². The number of halogens is 6. The van der Waals surface area contributed by atoms with Crippen molar-refractivity contribution in [2.45, 2.75) is 6.18 Å². The van der Waals surface area contributed by atoms with Crippen molar-refractivity contribution in [2.75, 3.05) is 0 Å². The summed E-state index contributed by atoms with van der Waals surface area (Å²) >= 11 is 5.36. The average molecular weight is 322 g/mol. The molecule has 72 valence electrons. The summed E-state index contributed by atoms with van der Waals surface area (Å²) in [7, 11) is 0. The number of hydrogen-bond acceptors (Lipinski definition) is 0. The SMILES string of the molecule is Fc1ccc(C(F)(F)F)c(Br)c1Br. The molecule has 0 aliphatic carbocycles. The Balaban J connectivity index is 3.35. The molecular formula is C7H2Br2F4. The third-order valence-electron chi connectivity index (χ3n) is 1.34. The minimum absolute atomic E-state index is 0.220. The van der Waals surface area contributed by atoms with E-state index in [1.807, 2.05) is 0 Å². The molecule has 1 aromatic rings. The highest BCUT2D eigenvalue weighted by Crippen LogP contribution is 2.39. The van der Waals surface area contributed by atoms with Crippen molar-refractivity contribution in [3.63, 3.8) is 0 Å². The molecule has 0 N–H and O–H groups in total. The maximum Gasteiger partial charge on any atom is 0.417 e. The van der Waals surface area contributed by atoms with Crippen LogP contribution in [0.2, 0.25) is 0 Å². The number of benzene rings is 1. The lowest BCUT2D eigenvalue weighted by Crippen LogP contribution is -2.06. The van der Waals surface area contributed by atoms with Gasteiger partial charge in [-0.25, -0.2) is 4.39 Å². The van der Waals surface area contributed by atoms with Crippen LogP contribution in [-0.2, 0) is 6.18 Å². The third kappa shape index (κ3) is 2.22. The Morgan fingerprint density at radius 2 is 1.54 bits per heavy atom. The predicted octanol–water partition coefficient (Wildman–Crippen LogP) is 4.37. The first-order valence-corrected chi connectivity index (χ1v) is 4.63. The molecule has 0 radical (unpaired) electrons. The Kier molecular flexibility index (Phi) is 3.01. The molecule has 0 saturated heterocycles. The minimum atomic E-state index is -4.48. The Morgan fingerprint density at radius 3 is 2.00 bits per heavy atom. The lowest BCUT2D eigenvalue weighted by atomic mass is 10.2. The molecule has 0 aromatic heterocycles. The van der Waals surface area contributed by atoms with E-state index in [0.29, 0.717) is 6.07 Å². The molecule has 0 heterocycles. The lowest BCUT2D eigenvalue weighted by molar-refractivity contribution is -0.138. The molecule has 0 bridgehead atoms. The molecule has 1 aromatic carbocycles. The van der Waals surface area contributed by atoms with E-state index in [0.717, 1.165) is 6.07 Å². The van der Waals surface area contributed by atoms with E-state index < -0.39 is 17.6 Å². The van der Waals surface area contributed by atoms with Gasteiger partial charge in [-0.3, -0.25) is 0 Å². The van der Waals surface area contributed by atoms with Crippen LogP contribution >= 0.6 is 31.9 Å². The molecule has 13 heavy (non-hydrogen) atoms. The van der Waals surface area contributed by atoms with Gasteiger partial charge < -0.3 is 0 Å². The van der Waals surface area contributed by atoms with Crippen LogP contribution in [0.15, 0.2) is 21.1 Å². The van der Waals surface area contributed by atoms with Crippen molar-refractivity contribution in [2.24, 2.45) is 0 Å². The molecule has 0 spiro atoms. The molecule has 0 nitrogen and oxygen atoms in total. The van der Waals surface area contributed by atoms with E-state index in [1.54, 1.807) is 0 Å². The molecule has 1 rings (SSSR count). The normalized spacial score (nSPS) is 11.8. The topological polar surface area (TPSA) is 0 Å². The van der Waals surface area contributed by atoms with E-state index in [1.165, 1.54) is 0 Å². The molecule has 0 aliphatic heterocycles. The predicted molar refractivity (Wildman–Crippen MR) is 46.8 cm³/mol. The van der Waals surface area contributed by atoms with Gasteiger partial charge >= 0.3 is 6.18 Å². The van der Waals surface area contributed by atoms with Crippen LogP contribution < -0.4 is 0 Å². The van der Waals surface area contributed by atoms with E-state index in [4.69, 9.17) is 0 Å². The van der Waals surface area contributed by atoms with Crippen LogP contribution in [0.5, 0.6) is 0 Å². The molecule has 0 fully saturated rings. The summed E-state index contributed by atoms with van der Waals surface area (Å²) in [5.74, 6) is -0.736. The maximum atomic E-state index is 12.7. The van der Waals surface area contributed by atoms with Crippen LogP contribution in [0.25, 0.3) is 0 Å². The van der Waals surface area contributed by atoms with Crippen LogP contribution in [0.4, 0.5) is 17.6 Å². The van der Waals surface area contributed by atoms with Gasteiger partial charge in [-0.1, -0.05) is 0 Å². The van der Waals surface area contributed by atoms with Crippen LogP contribution in [0.1, 0.15) is 5.56 Å². The zero-order valence-electron chi connectivity index (χ0n) is 5.92. The summed E-state index contributed by atoms with van der Waals surface area (Å²) in [4.78, 5) is 0. The van der Waals surface area contributed by atoms with E-state index in [2.05, 4.69) is 31.9 Å². The number of alkyl halides is 3. The van der Waals surface area contributed by atoms with E-state index >= 15 is 0 Å². The van der Waals surface area contributed by atoms with Gasteiger partial charge in [-0.15, -0.1) is 0 Å². The van der Waals surface area contributed by atoms with Crippen molar-refractivity contribution in [1.29, 1.82) is 0 Å². The summed E-state index contributed by atoms with van der Waals surface area (Å²) in [6.45, 7) is 0. The van der Waals surface area contributed by atoms with Crippen molar-refractivity contribution < 1.29 is 17.6 Å². The summed E-state index contributed by atoms with van der Waals surface area (Å²) in [5, 5.41) is 0. The van der Waals surface area contributed by atoms with Gasteiger partial charge in [0, 0.05) is 4.47 Å². The zero-order chi connectivity index (χ0) is 10.2. The summed E-state index contributed by atoms with van der Waals surface area (Å²) < 4.78 is 48.7. The summed E-state index contributed by atoms with van der Waals surface area (Å²) in [6, 6.07) is 1.45. The molecule has 0 aliphatic rings. The molecule has 0 unspecified atom stereocenters. The van der Waals surface area contributed by atoms with Crippen molar-refractivity contribution in [3.05, 3.63) is 32.5 Å². The fourth-order valence-electron chi connectivity index (χ4n) is 0.745. The number of rotatable bonds is 0. The average Bonchev–Trinajstić information content (AvgIpc) is 1.98. The van der Waals surface area contributed by atoms with Gasteiger partial charge in [0.25, 0.3) is 0 Å². The first-order valence-electron chi connectivity index (χ1n) is 3.04. The largest absolute Gasteiger partial charge is 0.417 e. The lowest BCUT2D eigenvalue weighted by Gasteiger charge is -2.09. The standard InChI is InChI=1S/C7H2Br2F4/c8-5-3(7(11,12)13)1-2-4(10)6(5)9/h1-2H. The van der Waals surface area contributed by atoms with Crippen LogP contribution in [0.3, 0.4) is 0 Å². The first-order chi connectivity index (χ1) is 5.84. The number of hydrogen-bond donors (Lipinski definition) is 0. The zero-order valence-corrected chi connectivity index (χ0v) is 9.09. The minimum Gasteiger partial charge on any atom is -0.206 e. The van der Waals surface area contributed by atoms with Gasteiger partial charge in [0.2, 0.25) is 0 Å². The maximum absolute atomic E-state index is 12.7. The Bertz CT molecular complexity index is 332. The first kappa shape index (κ1) is 11.0. The van der Waals surface area contributed by atoms with Gasteiger partial charge in [0.15, 0.2) is 0 Å². The molecule has 0 saturated carbocycles.